The number of pyridine rings is 1. The molecule has 0 aliphatic rings. The van der Waals surface area contributed by atoms with Crippen LogP contribution in [0.5, 0.6) is 0 Å². The van der Waals surface area contributed by atoms with Crippen molar-refractivity contribution < 1.29 is 4.84 Å². The smallest absolute Gasteiger partial charge is 0.173 e. The molecule has 4 rings (SSSR count). The van der Waals surface area contributed by atoms with Crippen molar-refractivity contribution in [2.45, 2.75) is 13.0 Å². The molecule has 0 atom stereocenters. The minimum Gasteiger partial charge on any atom is -0.391 e. The highest BCUT2D eigenvalue weighted by Gasteiger charge is 2.10. The number of nitriles is 1. The molecule has 1 aromatic carbocycles. The number of nitrogens with zero attached hydrogens (tertiary/aromatic N) is 6. The van der Waals surface area contributed by atoms with E-state index in [1.165, 1.54) is 6.20 Å². The van der Waals surface area contributed by atoms with E-state index >= 15 is 0 Å². The highest BCUT2D eigenvalue weighted by atomic mass is 35.5. The zero-order valence-corrected chi connectivity index (χ0v) is 15.9. The quantitative estimate of drug-likeness (QED) is 0.363. The Balaban J connectivity index is 1.50. The van der Waals surface area contributed by atoms with Crippen LogP contribution in [0.15, 0.2) is 48.0 Å². The first-order valence-corrected chi connectivity index (χ1v) is 9.01. The average Bonchev–Trinajstić information content (AvgIpc) is 3.13. The molecular weight excluding hydrogens is 399 g/mol. The normalized spacial score (nSPS) is 11.3. The summed E-state index contributed by atoms with van der Waals surface area (Å²) >= 11 is 12.0. The van der Waals surface area contributed by atoms with Crippen molar-refractivity contribution in [1.82, 2.24) is 19.6 Å². The third kappa shape index (κ3) is 3.48. The molecule has 0 unspecified atom stereocenters. The highest BCUT2D eigenvalue weighted by Crippen LogP contribution is 2.22. The second kappa shape index (κ2) is 7.80. The van der Waals surface area contributed by atoms with Crippen molar-refractivity contribution in [2.24, 2.45) is 5.16 Å². The Morgan fingerprint density at radius 3 is 2.93 bits per heavy atom. The van der Waals surface area contributed by atoms with E-state index in [9.17, 15) is 0 Å². The van der Waals surface area contributed by atoms with Crippen LogP contribution in [0.25, 0.3) is 16.6 Å². The van der Waals surface area contributed by atoms with Crippen LogP contribution >= 0.6 is 23.2 Å². The molecule has 0 aliphatic carbocycles. The van der Waals surface area contributed by atoms with Crippen LogP contribution in [0.2, 0.25) is 10.0 Å². The Morgan fingerprint density at radius 2 is 2.11 bits per heavy atom. The molecule has 0 spiro atoms. The fourth-order valence-electron chi connectivity index (χ4n) is 2.76. The minimum atomic E-state index is 0.238. The summed E-state index contributed by atoms with van der Waals surface area (Å²) in [5.74, 6) is 0. The van der Waals surface area contributed by atoms with E-state index in [1.807, 2.05) is 6.07 Å². The molecule has 0 radical (unpaired) electrons. The SMILES string of the molecule is N#Cc1cnn2c1ncc1c(C/C=N/OCc3ccc(Cl)cc3Cl)nccc12. The van der Waals surface area contributed by atoms with Gasteiger partial charge in [0.2, 0.25) is 0 Å². The maximum atomic E-state index is 9.13. The van der Waals surface area contributed by atoms with E-state index in [4.69, 9.17) is 33.3 Å². The molecule has 0 amide bonds. The first-order valence-electron chi connectivity index (χ1n) is 8.25. The molecular formula is C19H12Cl2N6O. The van der Waals surface area contributed by atoms with Gasteiger partial charge in [-0.05, 0) is 18.2 Å². The van der Waals surface area contributed by atoms with Crippen LogP contribution in [-0.4, -0.2) is 25.8 Å². The second-order valence-corrected chi connectivity index (χ2v) is 6.70. The zero-order valence-electron chi connectivity index (χ0n) is 14.4. The molecule has 138 valence electrons. The van der Waals surface area contributed by atoms with E-state index < -0.39 is 0 Å². The van der Waals surface area contributed by atoms with Crippen molar-refractivity contribution in [2.75, 3.05) is 0 Å². The molecule has 0 fully saturated rings. The monoisotopic (exact) mass is 410 g/mol. The Bertz CT molecular complexity index is 1240. The van der Waals surface area contributed by atoms with Gasteiger partial charge in [-0.25, -0.2) is 9.50 Å². The fraction of sp³-hybridized carbons (Fsp3) is 0.105. The van der Waals surface area contributed by atoms with Gasteiger partial charge in [0.05, 0.1) is 17.4 Å². The lowest BCUT2D eigenvalue weighted by molar-refractivity contribution is 0.131. The summed E-state index contributed by atoms with van der Waals surface area (Å²) in [5.41, 5.74) is 3.33. The molecule has 28 heavy (non-hydrogen) atoms. The van der Waals surface area contributed by atoms with Crippen LogP contribution < -0.4 is 0 Å². The molecule has 3 aromatic heterocycles. The number of benzene rings is 1. The van der Waals surface area contributed by atoms with Gasteiger partial charge in [0.25, 0.3) is 0 Å². The third-order valence-electron chi connectivity index (χ3n) is 4.13. The Morgan fingerprint density at radius 1 is 1.21 bits per heavy atom. The van der Waals surface area contributed by atoms with E-state index in [0.29, 0.717) is 27.7 Å². The number of rotatable bonds is 5. The molecule has 0 saturated heterocycles. The van der Waals surface area contributed by atoms with E-state index in [-0.39, 0.29) is 6.61 Å². The third-order valence-corrected chi connectivity index (χ3v) is 4.71. The van der Waals surface area contributed by atoms with Crippen molar-refractivity contribution in [3.63, 3.8) is 0 Å². The lowest BCUT2D eigenvalue weighted by Gasteiger charge is -2.05. The summed E-state index contributed by atoms with van der Waals surface area (Å²) in [6.07, 6.45) is 6.95. The first-order chi connectivity index (χ1) is 13.7. The molecule has 3 heterocycles. The van der Waals surface area contributed by atoms with Crippen LogP contribution in [0.4, 0.5) is 0 Å². The molecule has 9 heteroatoms. The van der Waals surface area contributed by atoms with Gasteiger partial charge >= 0.3 is 0 Å². The summed E-state index contributed by atoms with van der Waals surface area (Å²) in [6, 6.07) is 9.11. The summed E-state index contributed by atoms with van der Waals surface area (Å²) in [5, 5.41) is 19.3. The van der Waals surface area contributed by atoms with E-state index in [1.54, 1.807) is 41.3 Å². The van der Waals surface area contributed by atoms with Gasteiger partial charge in [0.1, 0.15) is 18.2 Å². The van der Waals surface area contributed by atoms with Gasteiger partial charge in [-0.3, -0.25) is 4.98 Å². The Labute approximate surface area is 169 Å². The number of aromatic nitrogens is 4. The highest BCUT2D eigenvalue weighted by molar-refractivity contribution is 6.35. The molecule has 0 aliphatic heterocycles. The largest absolute Gasteiger partial charge is 0.391 e. The summed E-state index contributed by atoms with van der Waals surface area (Å²) in [6.45, 7) is 0.238. The lowest BCUT2D eigenvalue weighted by Crippen LogP contribution is -1.99. The Hall–Kier alpha value is -3.21. The summed E-state index contributed by atoms with van der Waals surface area (Å²) in [7, 11) is 0. The fourth-order valence-corrected chi connectivity index (χ4v) is 3.23. The van der Waals surface area contributed by atoms with E-state index in [2.05, 4.69) is 26.3 Å². The van der Waals surface area contributed by atoms with Crippen molar-refractivity contribution in [1.29, 1.82) is 5.26 Å². The van der Waals surface area contributed by atoms with Gasteiger partial charge in [-0.15, -0.1) is 0 Å². The zero-order chi connectivity index (χ0) is 19.5. The van der Waals surface area contributed by atoms with Crippen molar-refractivity contribution in [3.05, 3.63) is 69.7 Å². The van der Waals surface area contributed by atoms with Crippen molar-refractivity contribution >= 4 is 46.0 Å². The predicted molar refractivity (Wildman–Crippen MR) is 106 cm³/mol. The molecule has 0 N–H and O–H groups in total. The number of fused-ring (bicyclic) bond motifs is 3. The molecule has 0 saturated carbocycles. The van der Waals surface area contributed by atoms with Crippen LogP contribution in [0.1, 0.15) is 16.8 Å². The summed E-state index contributed by atoms with van der Waals surface area (Å²) < 4.78 is 1.63. The topological polar surface area (TPSA) is 88.5 Å². The van der Waals surface area contributed by atoms with E-state index in [0.717, 1.165) is 22.2 Å². The molecule has 0 bridgehead atoms. The Kier molecular flexibility index (Phi) is 5.06. The van der Waals surface area contributed by atoms with Crippen LogP contribution in [-0.2, 0) is 17.9 Å². The number of hydrogen-bond donors (Lipinski definition) is 0. The minimum absolute atomic E-state index is 0.238. The molecule has 4 aromatic rings. The van der Waals surface area contributed by atoms with Gasteiger partial charge in [-0.2, -0.15) is 10.4 Å². The second-order valence-electron chi connectivity index (χ2n) is 5.86. The maximum Gasteiger partial charge on any atom is 0.173 e. The first kappa shape index (κ1) is 18.2. The lowest BCUT2D eigenvalue weighted by atomic mass is 10.2. The summed E-state index contributed by atoms with van der Waals surface area (Å²) in [4.78, 5) is 14.0. The maximum absolute atomic E-state index is 9.13. The van der Waals surface area contributed by atoms with Gasteiger partial charge in [-0.1, -0.05) is 34.4 Å². The van der Waals surface area contributed by atoms with Gasteiger partial charge < -0.3 is 4.84 Å². The van der Waals surface area contributed by atoms with Crippen molar-refractivity contribution in [3.8, 4) is 6.07 Å². The number of hydrogen-bond acceptors (Lipinski definition) is 6. The predicted octanol–water partition coefficient (Wildman–Crippen LogP) is 4.20. The van der Waals surface area contributed by atoms with Gasteiger partial charge in [0, 0.05) is 46.0 Å². The van der Waals surface area contributed by atoms with Crippen LogP contribution in [0.3, 0.4) is 0 Å². The average molecular weight is 411 g/mol. The molecule has 7 nitrogen and oxygen atoms in total. The van der Waals surface area contributed by atoms with Gasteiger partial charge in [0.15, 0.2) is 5.65 Å². The van der Waals surface area contributed by atoms with Crippen LogP contribution in [0, 0.1) is 11.3 Å². The number of oxime groups is 1. The standard InChI is InChI=1S/C19H12Cl2N6O/c20-14-2-1-12(16(21)7-14)11-28-26-6-3-17-15-10-24-19-13(8-22)9-25-27(19)18(15)4-5-23-17/h1-2,4-7,9-10H,3,11H2/b26-6+. The number of halogens is 2.